The second-order valence-electron chi connectivity index (χ2n) is 4.26. The average molecular weight is 325 g/mol. The van der Waals surface area contributed by atoms with Crippen molar-refractivity contribution in [1.29, 1.82) is 5.26 Å². The summed E-state index contributed by atoms with van der Waals surface area (Å²) in [5.41, 5.74) is 8.04. The third kappa shape index (κ3) is 2.71. The number of alkyl halides is 1. The number of nitriles is 1. The van der Waals surface area contributed by atoms with Gasteiger partial charge in [0.1, 0.15) is 6.67 Å². The van der Waals surface area contributed by atoms with Crippen molar-refractivity contribution >= 4 is 21.9 Å². The fourth-order valence-corrected chi connectivity index (χ4v) is 2.95. The first-order valence-electron chi connectivity index (χ1n) is 6.01. The largest absolute Gasteiger partial charge is 0.369 e. The molecule has 0 bridgehead atoms. The number of fused-ring (bicyclic) bond motifs is 1. The predicted octanol–water partition coefficient (Wildman–Crippen LogP) is 2.50. The summed E-state index contributed by atoms with van der Waals surface area (Å²) in [6, 6.07) is 5.80. The molecule has 0 radical (unpaired) electrons. The number of nitrogens with zero attached hydrogens (tertiary/aromatic N) is 3. The van der Waals surface area contributed by atoms with Gasteiger partial charge in [-0.15, -0.1) is 0 Å². The molecule has 0 aromatic heterocycles. The predicted molar refractivity (Wildman–Crippen MR) is 75.1 cm³/mol. The molecule has 6 heteroatoms. The van der Waals surface area contributed by atoms with Crippen LogP contribution in [0.2, 0.25) is 0 Å². The molecule has 1 aromatic rings. The molecule has 1 aromatic carbocycles. The van der Waals surface area contributed by atoms with Gasteiger partial charge in [-0.05, 0) is 30.0 Å². The SMILES string of the molecule is N#CN(C(N)=NCCF)C1CCc2c(Br)cccc21. The Morgan fingerprint density at radius 2 is 2.42 bits per heavy atom. The van der Waals surface area contributed by atoms with E-state index in [0.717, 1.165) is 22.9 Å². The monoisotopic (exact) mass is 324 g/mol. The highest BCUT2D eigenvalue weighted by Gasteiger charge is 2.30. The minimum atomic E-state index is -0.577. The second-order valence-corrected chi connectivity index (χ2v) is 5.12. The fourth-order valence-electron chi connectivity index (χ4n) is 2.37. The van der Waals surface area contributed by atoms with Gasteiger partial charge in [0.2, 0.25) is 5.96 Å². The maximum absolute atomic E-state index is 12.1. The Kier molecular flexibility index (Phi) is 4.38. The van der Waals surface area contributed by atoms with E-state index in [1.54, 1.807) is 0 Å². The Labute approximate surface area is 119 Å². The number of hydrogen-bond acceptors (Lipinski definition) is 2. The zero-order chi connectivity index (χ0) is 13.8. The standard InChI is InChI=1S/C13H14BrFN4/c14-11-3-1-2-10-9(11)4-5-12(10)19(8-16)13(17)18-7-6-15/h1-3,12H,4-7H2,(H2,17,18). The summed E-state index contributed by atoms with van der Waals surface area (Å²) in [5, 5.41) is 9.26. The van der Waals surface area contributed by atoms with E-state index in [4.69, 9.17) is 5.73 Å². The van der Waals surface area contributed by atoms with Gasteiger partial charge >= 0.3 is 0 Å². The lowest BCUT2D eigenvalue weighted by atomic mass is 10.1. The molecule has 0 fully saturated rings. The lowest BCUT2D eigenvalue weighted by Crippen LogP contribution is -2.36. The lowest BCUT2D eigenvalue weighted by molar-refractivity contribution is 0.416. The van der Waals surface area contributed by atoms with Gasteiger partial charge < -0.3 is 5.73 Å². The molecular weight excluding hydrogens is 311 g/mol. The normalized spacial score (nSPS) is 17.9. The smallest absolute Gasteiger partial charge is 0.205 e. The molecule has 0 amide bonds. The summed E-state index contributed by atoms with van der Waals surface area (Å²) in [7, 11) is 0. The summed E-state index contributed by atoms with van der Waals surface area (Å²) in [6.45, 7) is -0.588. The average Bonchev–Trinajstić information content (AvgIpc) is 2.83. The van der Waals surface area contributed by atoms with Crippen LogP contribution in [0.15, 0.2) is 27.7 Å². The van der Waals surface area contributed by atoms with Crippen molar-refractivity contribution in [2.24, 2.45) is 10.7 Å². The van der Waals surface area contributed by atoms with Crippen LogP contribution in [0, 0.1) is 11.5 Å². The molecule has 1 atom stereocenters. The molecule has 0 heterocycles. The van der Waals surface area contributed by atoms with Crippen molar-refractivity contribution in [3.8, 4) is 6.19 Å². The molecule has 2 N–H and O–H groups in total. The van der Waals surface area contributed by atoms with Crippen LogP contribution in [0.25, 0.3) is 0 Å². The lowest BCUT2D eigenvalue weighted by Gasteiger charge is -2.22. The topological polar surface area (TPSA) is 65.4 Å². The number of guanidine groups is 1. The van der Waals surface area contributed by atoms with E-state index >= 15 is 0 Å². The number of benzene rings is 1. The molecule has 0 aliphatic heterocycles. The molecule has 19 heavy (non-hydrogen) atoms. The van der Waals surface area contributed by atoms with E-state index in [1.807, 2.05) is 18.2 Å². The molecule has 0 spiro atoms. The van der Waals surface area contributed by atoms with Crippen LogP contribution in [0.3, 0.4) is 0 Å². The third-order valence-corrected chi connectivity index (χ3v) is 3.95. The van der Waals surface area contributed by atoms with E-state index in [1.165, 1.54) is 10.5 Å². The summed E-state index contributed by atoms with van der Waals surface area (Å²) >= 11 is 3.51. The van der Waals surface area contributed by atoms with Gasteiger partial charge in [0.25, 0.3) is 0 Å². The second kappa shape index (κ2) is 6.02. The van der Waals surface area contributed by atoms with Crippen molar-refractivity contribution in [2.75, 3.05) is 13.2 Å². The molecular formula is C13H14BrFN4. The van der Waals surface area contributed by atoms with E-state index in [2.05, 4.69) is 27.1 Å². The van der Waals surface area contributed by atoms with Crippen molar-refractivity contribution in [3.05, 3.63) is 33.8 Å². The molecule has 1 aliphatic carbocycles. The van der Waals surface area contributed by atoms with Crippen LogP contribution in [-0.2, 0) is 6.42 Å². The van der Waals surface area contributed by atoms with Crippen LogP contribution in [0.1, 0.15) is 23.6 Å². The zero-order valence-corrected chi connectivity index (χ0v) is 11.9. The number of hydrogen-bond donors (Lipinski definition) is 1. The molecule has 1 aliphatic rings. The van der Waals surface area contributed by atoms with Gasteiger partial charge in [-0.1, -0.05) is 28.1 Å². The van der Waals surface area contributed by atoms with Gasteiger partial charge in [0.05, 0.1) is 12.6 Å². The Hall–Kier alpha value is -1.61. The summed E-state index contributed by atoms with van der Waals surface area (Å²) < 4.78 is 13.2. The molecule has 4 nitrogen and oxygen atoms in total. The molecule has 100 valence electrons. The van der Waals surface area contributed by atoms with Gasteiger partial charge in [0.15, 0.2) is 6.19 Å². The van der Waals surface area contributed by atoms with Gasteiger partial charge in [-0.3, -0.25) is 0 Å². The van der Waals surface area contributed by atoms with Crippen molar-refractivity contribution < 1.29 is 4.39 Å². The number of halogens is 2. The molecule has 1 unspecified atom stereocenters. The highest BCUT2D eigenvalue weighted by Crippen LogP contribution is 2.38. The van der Waals surface area contributed by atoms with E-state index in [-0.39, 0.29) is 18.5 Å². The Bertz CT molecular complexity index is 538. The summed E-state index contributed by atoms with van der Waals surface area (Å²) in [5.74, 6) is 0.0815. The van der Waals surface area contributed by atoms with Crippen LogP contribution in [-0.4, -0.2) is 24.1 Å². The van der Waals surface area contributed by atoms with Gasteiger partial charge in [0, 0.05) is 4.47 Å². The number of nitrogens with two attached hydrogens (primary N) is 1. The van der Waals surface area contributed by atoms with E-state index in [0.29, 0.717) is 0 Å². The number of aliphatic imine (C=N–C) groups is 1. The highest BCUT2D eigenvalue weighted by molar-refractivity contribution is 9.10. The van der Waals surface area contributed by atoms with Crippen LogP contribution in [0.5, 0.6) is 0 Å². The molecule has 2 rings (SSSR count). The fraction of sp³-hybridized carbons (Fsp3) is 0.385. The minimum Gasteiger partial charge on any atom is -0.369 e. The van der Waals surface area contributed by atoms with Crippen LogP contribution in [0.4, 0.5) is 4.39 Å². The zero-order valence-electron chi connectivity index (χ0n) is 10.3. The van der Waals surface area contributed by atoms with E-state index in [9.17, 15) is 9.65 Å². The maximum Gasteiger partial charge on any atom is 0.205 e. The van der Waals surface area contributed by atoms with E-state index < -0.39 is 6.67 Å². The van der Waals surface area contributed by atoms with Crippen molar-refractivity contribution in [2.45, 2.75) is 18.9 Å². The third-order valence-electron chi connectivity index (χ3n) is 3.21. The van der Waals surface area contributed by atoms with Gasteiger partial charge in [-0.25, -0.2) is 14.3 Å². The van der Waals surface area contributed by atoms with Gasteiger partial charge in [-0.2, -0.15) is 5.26 Å². The molecule has 0 saturated heterocycles. The Balaban J connectivity index is 2.29. The quantitative estimate of drug-likeness (QED) is 0.402. The molecule has 0 saturated carbocycles. The first-order valence-corrected chi connectivity index (χ1v) is 6.80. The van der Waals surface area contributed by atoms with Crippen molar-refractivity contribution in [3.63, 3.8) is 0 Å². The first kappa shape index (κ1) is 13.8. The maximum atomic E-state index is 12.1. The summed E-state index contributed by atoms with van der Waals surface area (Å²) in [6.07, 6.45) is 3.74. The van der Waals surface area contributed by atoms with Crippen LogP contribution >= 0.6 is 15.9 Å². The Morgan fingerprint density at radius 3 is 3.11 bits per heavy atom. The Morgan fingerprint density at radius 1 is 1.63 bits per heavy atom. The summed E-state index contributed by atoms with van der Waals surface area (Å²) in [4.78, 5) is 5.23. The van der Waals surface area contributed by atoms with Crippen molar-refractivity contribution in [1.82, 2.24) is 4.90 Å². The number of rotatable bonds is 3. The minimum absolute atomic E-state index is 0.0118. The highest BCUT2D eigenvalue weighted by atomic mass is 79.9. The van der Waals surface area contributed by atoms with Crippen LogP contribution < -0.4 is 5.73 Å². The first-order chi connectivity index (χ1) is 9.19.